The molecule has 1 amide bonds. The van der Waals surface area contributed by atoms with E-state index in [1.165, 1.54) is 18.9 Å². The molecule has 1 saturated heterocycles. The van der Waals surface area contributed by atoms with Gasteiger partial charge in [0.25, 0.3) is 5.91 Å². The number of aliphatic imine (C=N–C) groups is 1. The number of thioether (sulfide) groups is 1. The van der Waals surface area contributed by atoms with Crippen LogP contribution in [0.1, 0.15) is 22.8 Å². The SMILES string of the molecule is CCN1C(=O)/C(=C/c2cccc(OCC(=O)O)c2)SC1=Nc1ccc(C(=O)OC)cc1. The molecular formula is C22H20N2O6S. The summed E-state index contributed by atoms with van der Waals surface area (Å²) in [5.41, 5.74) is 1.73. The Labute approximate surface area is 183 Å². The summed E-state index contributed by atoms with van der Waals surface area (Å²) in [6.45, 7) is 1.87. The fraction of sp³-hybridized carbons (Fsp3) is 0.182. The number of rotatable bonds is 7. The summed E-state index contributed by atoms with van der Waals surface area (Å²) in [4.78, 5) is 41.7. The molecule has 2 aromatic rings. The van der Waals surface area contributed by atoms with Crippen LogP contribution in [0.25, 0.3) is 6.08 Å². The van der Waals surface area contributed by atoms with Gasteiger partial charge in [0.05, 0.1) is 23.3 Å². The molecule has 0 saturated carbocycles. The number of carboxylic acid groups (broad SMARTS) is 1. The molecule has 1 aliphatic rings. The third kappa shape index (κ3) is 5.52. The Hall–Kier alpha value is -3.59. The Morgan fingerprint density at radius 2 is 1.94 bits per heavy atom. The van der Waals surface area contributed by atoms with E-state index in [0.717, 1.165) is 0 Å². The molecule has 0 spiro atoms. The maximum Gasteiger partial charge on any atom is 0.341 e. The van der Waals surface area contributed by atoms with E-state index in [4.69, 9.17) is 9.84 Å². The Morgan fingerprint density at radius 1 is 1.19 bits per heavy atom. The van der Waals surface area contributed by atoms with Crippen LogP contribution in [-0.4, -0.2) is 53.3 Å². The minimum Gasteiger partial charge on any atom is -0.482 e. The fourth-order valence-electron chi connectivity index (χ4n) is 2.76. The molecule has 3 rings (SSSR count). The second-order valence-corrected chi connectivity index (χ2v) is 7.36. The molecule has 0 unspecified atom stereocenters. The van der Waals surface area contributed by atoms with E-state index in [0.29, 0.717) is 39.2 Å². The minimum atomic E-state index is -1.07. The van der Waals surface area contributed by atoms with Crippen molar-refractivity contribution in [3.63, 3.8) is 0 Å². The molecule has 1 heterocycles. The standard InChI is InChI=1S/C22H20N2O6S/c1-3-24-20(27)18(12-14-5-4-6-17(11-14)30-13-19(25)26)31-22(24)23-16-9-7-15(8-10-16)21(28)29-2/h4-12H,3,13H2,1-2H3,(H,25,26)/b18-12-,23-22?. The molecule has 1 aliphatic heterocycles. The van der Waals surface area contributed by atoms with Crippen LogP contribution in [-0.2, 0) is 14.3 Å². The molecule has 1 N–H and O–H groups in total. The second kappa shape index (κ2) is 9.94. The number of aliphatic carboxylic acids is 1. The molecule has 8 nitrogen and oxygen atoms in total. The van der Waals surface area contributed by atoms with Gasteiger partial charge in [-0.15, -0.1) is 0 Å². The molecule has 0 atom stereocenters. The van der Waals surface area contributed by atoms with E-state index in [1.54, 1.807) is 59.5 Å². The third-order valence-electron chi connectivity index (χ3n) is 4.24. The number of amides is 1. The highest BCUT2D eigenvalue weighted by atomic mass is 32.2. The van der Waals surface area contributed by atoms with Crippen LogP contribution < -0.4 is 4.74 Å². The van der Waals surface area contributed by atoms with Crippen LogP contribution in [0.15, 0.2) is 58.4 Å². The highest BCUT2D eigenvalue weighted by Crippen LogP contribution is 2.34. The number of hydrogen-bond donors (Lipinski definition) is 1. The number of carbonyl (C=O) groups is 3. The summed E-state index contributed by atoms with van der Waals surface area (Å²) in [7, 11) is 1.32. The van der Waals surface area contributed by atoms with Crippen LogP contribution in [0.2, 0.25) is 0 Å². The van der Waals surface area contributed by atoms with Crippen LogP contribution in [0.5, 0.6) is 5.75 Å². The Morgan fingerprint density at radius 3 is 2.58 bits per heavy atom. The van der Waals surface area contributed by atoms with E-state index in [1.807, 2.05) is 6.92 Å². The van der Waals surface area contributed by atoms with Crippen molar-refractivity contribution < 1.29 is 29.0 Å². The summed E-state index contributed by atoms with van der Waals surface area (Å²) in [5.74, 6) is -1.27. The zero-order chi connectivity index (χ0) is 22.4. The summed E-state index contributed by atoms with van der Waals surface area (Å²) < 4.78 is 9.88. The van der Waals surface area contributed by atoms with Crippen molar-refractivity contribution in [2.75, 3.05) is 20.3 Å². The zero-order valence-corrected chi connectivity index (χ0v) is 17.7. The molecule has 31 heavy (non-hydrogen) atoms. The van der Waals surface area contributed by atoms with Crippen molar-refractivity contribution >= 4 is 46.5 Å². The smallest absolute Gasteiger partial charge is 0.341 e. The largest absolute Gasteiger partial charge is 0.482 e. The average molecular weight is 440 g/mol. The zero-order valence-electron chi connectivity index (χ0n) is 16.9. The number of likely N-dealkylation sites (N-methyl/N-ethyl adjacent to an activating group) is 1. The predicted octanol–water partition coefficient (Wildman–Crippen LogP) is 3.56. The quantitative estimate of drug-likeness (QED) is 0.518. The first-order chi connectivity index (χ1) is 14.9. The van der Waals surface area contributed by atoms with Crippen molar-refractivity contribution in [1.29, 1.82) is 0 Å². The molecule has 1 fully saturated rings. The number of hydrogen-bond acceptors (Lipinski definition) is 7. The van der Waals surface area contributed by atoms with E-state index >= 15 is 0 Å². The van der Waals surface area contributed by atoms with Crippen molar-refractivity contribution in [3.05, 3.63) is 64.6 Å². The number of methoxy groups -OCH3 is 1. The van der Waals surface area contributed by atoms with Gasteiger partial charge < -0.3 is 14.6 Å². The molecular weight excluding hydrogens is 420 g/mol. The molecule has 0 aromatic heterocycles. The van der Waals surface area contributed by atoms with Crippen molar-refractivity contribution in [1.82, 2.24) is 4.90 Å². The minimum absolute atomic E-state index is 0.172. The molecule has 0 bridgehead atoms. The van der Waals surface area contributed by atoms with Gasteiger partial charge in [0, 0.05) is 6.54 Å². The number of carboxylic acids is 1. The van der Waals surface area contributed by atoms with Crippen molar-refractivity contribution in [2.24, 2.45) is 4.99 Å². The average Bonchev–Trinajstić information content (AvgIpc) is 3.06. The van der Waals surface area contributed by atoms with Crippen LogP contribution in [0, 0.1) is 0 Å². The maximum atomic E-state index is 12.8. The van der Waals surface area contributed by atoms with Gasteiger partial charge in [-0.2, -0.15) is 0 Å². The van der Waals surface area contributed by atoms with E-state index in [2.05, 4.69) is 9.73 Å². The van der Waals surface area contributed by atoms with Gasteiger partial charge in [-0.1, -0.05) is 12.1 Å². The van der Waals surface area contributed by atoms with E-state index in [-0.39, 0.29) is 5.91 Å². The molecule has 160 valence electrons. The van der Waals surface area contributed by atoms with Crippen molar-refractivity contribution in [3.8, 4) is 5.75 Å². The van der Waals surface area contributed by atoms with Gasteiger partial charge in [0.1, 0.15) is 5.75 Å². The lowest BCUT2D eigenvalue weighted by Gasteiger charge is -2.12. The van der Waals surface area contributed by atoms with Crippen molar-refractivity contribution in [2.45, 2.75) is 6.92 Å². The van der Waals surface area contributed by atoms with Gasteiger partial charge in [0.2, 0.25) is 0 Å². The number of esters is 1. The number of benzene rings is 2. The predicted molar refractivity (Wildman–Crippen MR) is 117 cm³/mol. The summed E-state index contributed by atoms with van der Waals surface area (Å²) >= 11 is 1.24. The van der Waals surface area contributed by atoms with Crippen LogP contribution >= 0.6 is 11.8 Å². The first-order valence-electron chi connectivity index (χ1n) is 9.34. The highest BCUT2D eigenvalue weighted by Gasteiger charge is 2.32. The number of amidine groups is 1. The lowest BCUT2D eigenvalue weighted by molar-refractivity contribution is -0.139. The Bertz CT molecular complexity index is 1060. The molecule has 0 aliphatic carbocycles. The maximum absolute atomic E-state index is 12.8. The van der Waals surface area contributed by atoms with Crippen LogP contribution in [0.4, 0.5) is 5.69 Å². The molecule has 0 radical (unpaired) electrons. The topological polar surface area (TPSA) is 106 Å². The first kappa shape index (κ1) is 22.1. The Kier molecular flexibility index (Phi) is 7.09. The summed E-state index contributed by atoms with van der Waals surface area (Å²) in [5, 5.41) is 9.27. The van der Waals surface area contributed by atoms with Gasteiger partial charge in [-0.05, 0) is 66.7 Å². The lowest BCUT2D eigenvalue weighted by atomic mass is 10.2. The van der Waals surface area contributed by atoms with Gasteiger partial charge in [-0.25, -0.2) is 14.6 Å². The van der Waals surface area contributed by atoms with Gasteiger partial charge in [-0.3, -0.25) is 9.69 Å². The Balaban J connectivity index is 1.82. The van der Waals surface area contributed by atoms with Crippen LogP contribution in [0.3, 0.4) is 0 Å². The van der Waals surface area contributed by atoms with Gasteiger partial charge >= 0.3 is 11.9 Å². The highest BCUT2D eigenvalue weighted by molar-refractivity contribution is 8.18. The number of nitrogens with zero attached hydrogens (tertiary/aromatic N) is 2. The summed E-state index contributed by atoms with van der Waals surface area (Å²) in [6.07, 6.45) is 1.71. The van der Waals surface area contributed by atoms with E-state index < -0.39 is 18.5 Å². The van der Waals surface area contributed by atoms with Gasteiger partial charge in [0.15, 0.2) is 11.8 Å². The normalized spacial score (nSPS) is 16.1. The molecule has 9 heteroatoms. The first-order valence-corrected chi connectivity index (χ1v) is 10.2. The lowest BCUT2D eigenvalue weighted by Crippen LogP contribution is -2.28. The summed E-state index contributed by atoms with van der Waals surface area (Å²) in [6, 6.07) is 13.4. The van der Waals surface area contributed by atoms with E-state index in [9.17, 15) is 14.4 Å². The number of ether oxygens (including phenoxy) is 2. The molecule has 2 aromatic carbocycles. The monoisotopic (exact) mass is 440 g/mol. The number of carbonyl (C=O) groups excluding carboxylic acids is 2. The third-order valence-corrected chi connectivity index (χ3v) is 5.24. The fourth-order valence-corrected chi connectivity index (χ4v) is 3.82. The second-order valence-electron chi connectivity index (χ2n) is 6.35.